The van der Waals surface area contributed by atoms with Crippen LogP contribution in [0.15, 0.2) is 0 Å². The lowest BCUT2D eigenvalue weighted by Crippen LogP contribution is -2.09. The maximum Gasteiger partial charge on any atom is 0.161 e. The summed E-state index contributed by atoms with van der Waals surface area (Å²) in [6.45, 7) is 2.04. The van der Waals surface area contributed by atoms with Crippen LogP contribution in [0.2, 0.25) is 0 Å². The molecule has 0 radical (unpaired) electrons. The van der Waals surface area contributed by atoms with E-state index in [9.17, 15) is 8.42 Å². The number of sulfone groups is 1. The highest BCUT2D eigenvalue weighted by Gasteiger charge is 2.06. The molecule has 0 aliphatic heterocycles. The number of hydrogen-bond donors (Lipinski definition) is 0. The first-order valence-corrected chi connectivity index (χ1v) is 5.58. The molecule has 0 aromatic heterocycles. The molecule has 2 nitrogen and oxygen atoms in total. The third kappa shape index (κ3) is 5.93. The van der Waals surface area contributed by atoms with Crippen LogP contribution in [0.3, 0.4) is 0 Å². The van der Waals surface area contributed by atoms with Gasteiger partial charge >= 0.3 is 0 Å². The fourth-order valence-corrected chi connectivity index (χ4v) is 1.81. The predicted molar refractivity (Wildman–Crippen MR) is 47.0 cm³/mol. The number of unbranched alkanes of at least 4 members (excludes halogenated alkanes) is 2. The number of terminal acetylenes is 1. The van der Waals surface area contributed by atoms with Gasteiger partial charge in [0.2, 0.25) is 0 Å². The lowest BCUT2D eigenvalue weighted by atomic mass is 10.3. The average molecular weight is 174 g/mol. The van der Waals surface area contributed by atoms with E-state index in [0.29, 0.717) is 0 Å². The summed E-state index contributed by atoms with van der Waals surface area (Å²) in [4.78, 5) is 0. The molecule has 64 valence electrons. The summed E-state index contributed by atoms with van der Waals surface area (Å²) in [5.74, 6) is 2.27. The third-order valence-corrected chi connectivity index (χ3v) is 2.88. The second kappa shape index (κ2) is 5.20. The van der Waals surface area contributed by atoms with Gasteiger partial charge in [0, 0.05) is 0 Å². The third-order valence-electron chi connectivity index (χ3n) is 1.36. The predicted octanol–water partition coefficient (Wildman–Crippen LogP) is 1.22. The van der Waals surface area contributed by atoms with Crippen LogP contribution in [0, 0.1) is 12.3 Å². The Morgan fingerprint density at radius 2 is 2.00 bits per heavy atom. The first-order valence-electron chi connectivity index (χ1n) is 3.76. The molecule has 0 heterocycles. The Bertz CT molecular complexity index is 221. The topological polar surface area (TPSA) is 34.1 Å². The van der Waals surface area contributed by atoms with Gasteiger partial charge in [-0.05, 0) is 6.42 Å². The molecule has 0 fully saturated rings. The van der Waals surface area contributed by atoms with Crippen molar-refractivity contribution in [2.24, 2.45) is 0 Å². The highest BCUT2D eigenvalue weighted by molar-refractivity contribution is 7.91. The minimum atomic E-state index is -2.94. The molecule has 0 atom stereocenters. The molecule has 0 bridgehead atoms. The summed E-state index contributed by atoms with van der Waals surface area (Å²) in [5, 5.41) is 0. The van der Waals surface area contributed by atoms with Crippen molar-refractivity contribution in [3.63, 3.8) is 0 Å². The zero-order chi connectivity index (χ0) is 8.74. The highest BCUT2D eigenvalue weighted by atomic mass is 32.2. The van der Waals surface area contributed by atoms with E-state index in [0.717, 1.165) is 19.3 Å². The van der Waals surface area contributed by atoms with Gasteiger partial charge in [0.05, 0.1) is 5.75 Å². The molecule has 0 aromatic rings. The molecule has 0 unspecified atom stereocenters. The minimum Gasteiger partial charge on any atom is -0.228 e. The molecule has 0 N–H and O–H groups in total. The Hall–Kier alpha value is -0.490. The van der Waals surface area contributed by atoms with Gasteiger partial charge in [-0.2, -0.15) is 0 Å². The van der Waals surface area contributed by atoms with Crippen LogP contribution in [-0.2, 0) is 9.84 Å². The Balaban J connectivity index is 3.68. The van der Waals surface area contributed by atoms with Crippen LogP contribution in [0.1, 0.15) is 26.2 Å². The van der Waals surface area contributed by atoms with Crippen molar-refractivity contribution < 1.29 is 8.42 Å². The van der Waals surface area contributed by atoms with E-state index < -0.39 is 9.84 Å². The zero-order valence-corrected chi connectivity index (χ0v) is 7.65. The van der Waals surface area contributed by atoms with Crippen LogP contribution >= 0.6 is 0 Å². The molecule has 0 aromatic carbocycles. The monoisotopic (exact) mass is 174 g/mol. The molecular formula is C8H14O2S. The smallest absolute Gasteiger partial charge is 0.161 e. The fourth-order valence-electron chi connectivity index (χ4n) is 0.771. The molecule has 0 saturated heterocycles. The van der Waals surface area contributed by atoms with Crippen LogP contribution < -0.4 is 0 Å². The Morgan fingerprint density at radius 1 is 1.36 bits per heavy atom. The molecule has 11 heavy (non-hydrogen) atoms. The number of hydrogen-bond acceptors (Lipinski definition) is 2. The second-order valence-corrected chi connectivity index (χ2v) is 4.69. The van der Waals surface area contributed by atoms with Gasteiger partial charge in [0.1, 0.15) is 5.75 Å². The molecule has 3 heteroatoms. The van der Waals surface area contributed by atoms with E-state index in [1.54, 1.807) is 0 Å². The van der Waals surface area contributed by atoms with Crippen LogP contribution in [-0.4, -0.2) is 19.9 Å². The normalized spacial score (nSPS) is 10.9. The van der Waals surface area contributed by atoms with Crippen molar-refractivity contribution in [3.05, 3.63) is 0 Å². The maximum atomic E-state index is 11.0. The first kappa shape index (κ1) is 10.5. The Labute approximate surface area is 68.9 Å². The Morgan fingerprint density at radius 3 is 2.45 bits per heavy atom. The summed E-state index contributed by atoms with van der Waals surface area (Å²) in [7, 11) is -2.94. The summed E-state index contributed by atoms with van der Waals surface area (Å²) in [6, 6.07) is 0. The summed E-state index contributed by atoms with van der Waals surface area (Å²) in [6.07, 6.45) is 7.62. The van der Waals surface area contributed by atoms with Crippen molar-refractivity contribution in [1.29, 1.82) is 0 Å². The van der Waals surface area contributed by atoms with Crippen LogP contribution in [0.25, 0.3) is 0 Å². The summed E-state index contributed by atoms with van der Waals surface area (Å²) in [5.41, 5.74) is 0. The van der Waals surface area contributed by atoms with E-state index in [1.807, 2.05) is 6.92 Å². The second-order valence-electron chi connectivity index (χ2n) is 2.50. The standard InChI is InChI=1S/C8H14O2S/c1-3-5-6-8-11(9,10)7-4-2/h2H,3,5-8H2,1H3. The van der Waals surface area contributed by atoms with Gasteiger partial charge in [-0.25, -0.2) is 8.42 Å². The fraction of sp³-hybridized carbons (Fsp3) is 0.750. The molecule has 0 aliphatic rings. The van der Waals surface area contributed by atoms with Crippen molar-refractivity contribution >= 4 is 9.84 Å². The Kier molecular flexibility index (Phi) is 4.97. The molecular weight excluding hydrogens is 160 g/mol. The van der Waals surface area contributed by atoms with E-state index in [-0.39, 0.29) is 11.5 Å². The van der Waals surface area contributed by atoms with Crippen LogP contribution in [0.4, 0.5) is 0 Å². The highest BCUT2D eigenvalue weighted by Crippen LogP contribution is 1.99. The van der Waals surface area contributed by atoms with Crippen molar-refractivity contribution in [1.82, 2.24) is 0 Å². The van der Waals surface area contributed by atoms with E-state index in [2.05, 4.69) is 5.92 Å². The molecule has 0 spiro atoms. The summed E-state index contributed by atoms with van der Waals surface area (Å²) >= 11 is 0. The van der Waals surface area contributed by atoms with E-state index in [1.165, 1.54) is 0 Å². The van der Waals surface area contributed by atoms with E-state index in [4.69, 9.17) is 6.42 Å². The van der Waals surface area contributed by atoms with Crippen molar-refractivity contribution in [2.45, 2.75) is 26.2 Å². The van der Waals surface area contributed by atoms with E-state index >= 15 is 0 Å². The molecule has 0 amide bonds. The maximum absolute atomic E-state index is 11.0. The molecule has 0 saturated carbocycles. The molecule has 0 rings (SSSR count). The lowest BCUT2D eigenvalue weighted by Gasteiger charge is -1.97. The van der Waals surface area contributed by atoms with Gasteiger partial charge in [-0.3, -0.25) is 0 Å². The zero-order valence-electron chi connectivity index (χ0n) is 6.84. The van der Waals surface area contributed by atoms with Crippen molar-refractivity contribution in [3.8, 4) is 12.3 Å². The SMILES string of the molecule is C#CCS(=O)(=O)CCCCC. The van der Waals surface area contributed by atoms with Crippen LogP contribution in [0.5, 0.6) is 0 Å². The van der Waals surface area contributed by atoms with Gasteiger partial charge < -0.3 is 0 Å². The summed E-state index contributed by atoms with van der Waals surface area (Å²) < 4.78 is 21.9. The van der Waals surface area contributed by atoms with Gasteiger partial charge in [0.15, 0.2) is 9.84 Å². The van der Waals surface area contributed by atoms with Crippen molar-refractivity contribution in [2.75, 3.05) is 11.5 Å². The quantitative estimate of drug-likeness (QED) is 0.464. The average Bonchev–Trinajstić information content (AvgIpc) is 1.87. The first-order chi connectivity index (χ1) is 5.12. The lowest BCUT2D eigenvalue weighted by molar-refractivity contribution is 0.594. The largest absolute Gasteiger partial charge is 0.228 e. The van der Waals surface area contributed by atoms with Gasteiger partial charge in [0.25, 0.3) is 0 Å². The van der Waals surface area contributed by atoms with Gasteiger partial charge in [-0.1, -0.05) is 25.7 Å². The molecule has 0 aliphatic carbocycles. The van der Waals surface area contributed by atoms with Gasteiger partial charge in [-0.15, -0.1) is 6.42 Å². The number of rotatable bonds is 5. The minimum absolute atomic E-state index is 0.114.